The van der Waals surface area contributed by atoms with Crippen molar-refractivity contribution >= 4 is 17.6 Å². The van der Waals surface area contributed by atoms with Crippen LogP contribution in [0.5, 0.6) is 0 Å². The highest BCUT2D eigenvalue weighted by Gasteiger charge is 2.26. The van der Waals surface area contributed by atoms with Crippen molar-refractivity contribution in [3.8, 4) is 0 Å². The van der Waals surface area contributed by atoms with Gasteiger partial charge in [0.05, 0.1) is 38.7 Å². The molecule has 0 spiro atoms. The van der Waals surface area contributed by atoms with E-state index in [0.29, 0.717) is 0 Å². The average molecular weight is 285 g/mol. The molecule has 0 bridgehead atoms. The van der Waals surface area contributed by atoms with E-state index in [-0.39, 0.29) is 0 Å². The van der Waals surface area contributed by atoms with E-state index < -0.39 is 33.7 Å². The van der Waals surface area contributed by atoms with Gasteiger partial charge in [-0.2, -0.15) is 0 Å². The number of aromatic carboxylic acids is 2. The van der Waals surface area contributed by atoms with Crippen molar-refractivity contribution in [2.45, 2.75) is 0 Å². The molecule has 8 nitrogen and oxygen atoms in total. The number of carboxylic acids is 2. The lowest BCUT2D eigenvalue weighted by molar-refractivity contribution is -0.849. The topological polar surface area (TPSA) is 118 Å². The van der Waals surface area contributed by atoms with Crippen molar-refractivity contribution in [1.82, 2.24) is 0 Å². The molecule has 0 atom stereocenters. The van der Waals surface area contributed by atoms with E-state index in [1.165, 1.54) is 0 Å². The molecular formula is C12H17N2O6+. The third-order valence-electron chi connectivity index (χ3n) is 1.68. The third-order valence-corrected chi connectivity index (χ3v) is 1.68. The number of carboxylic acid groups (broad SMARTS) is 2. The zero-order valence-electron chi connectivity index (χ0n) is 11.7. The Bertz CT molecular complexity index is 495. The largest absolute Gasteiger partial charge is 0.478 e. The molecule has 0 amide bonds. The van der Waals surface area contributed by atoms with Crippen molar-refractivity contribution in [3.63, 3.8) is 0 Å². The molecule has 1 aromatic rings. The molecule has 0 heterocycles. The van der Waals surface area contributed by atoms with Gasteiger partial charge in [-0.1, -0.05) is 6.07 Å². The van der Waals surface area contributed by atoms with Gasteiger partial charge in [-0.05, 0) is 6.07 Å². The number of benzene rings is 1. The van der Waals surface area contributed by atoms with Gasteiger partial charge in [0, 0.05) is 6.07 Å². The van der Waals surface area contributed by atoms with Crippen LogP contribution in [0.2, 0.25) is 0 Å². The number of quaternary nitrogens is 1. The summed E-state index contributed by atoms with van der Waals surface area (Å²) in [5, 5.41) is 27.8. The van der Waals surface area contributed by atoms with Crippen molar-refractivity contribution in [2.24, 2.45) is 0 Å². The van der Waals surface area contributed by atoms with Crippen LogP contribution in [0.25, 0.3) is 0 Å². The Morgan fingerprint density at radius 1 is 1.10 bits per heavy atom. The second kappa shape index (κ2) is 6.62. The van der Waals surface area contributed by atoms with E-state index >= 15 is 0 Å². The molecule has 20 heavy (non-hydrogen) atoms. The summed E-state index contributed by atoms with van der Waals surface area (Å²) < 4.78 is 1.00. The predicted molar refractivity (Wildman–Crippen MR) is 71.0 cm³/mol. The first-order valence-corrected chi connectivity index (χ1v) is 5.48. The smallest absolute Gasteiger partial charge is 0.343 e. The average Bonchev–Trinajstić information content (AvgIpc) is 2.25. The third kappa shape index (κ3) is 5.91. The lowest BCUT2D eigenvalue weighted by Gasteiger charge is -2.14. The summed E-state index contributed by atoms with van der Waals surface area (Å²) in [5.74, 6) is -3.16. The van der Waals surface area contributed by atoms with Crippen LogP contribution >= 0.6 is 0 Å². The van der Waals surface area contributed by atoms with Crippen LogP contribution in [0.4, 0.5) is 5.69 Å². The molecule has 110 valence electrons. The first-order valence-electron chi connectivity index (χ1n) is 5.48. The minimum absolute atomic E-state index is 0.600. The van der Waals surface area contributed by atoms with Gasteiger partial charge >= 0.3 is 11.9 Å². The number of hydrogen-bond donors (Lipinski definition) is 2. The first kappa shape index (κ1) is 17.5. The Balaban J connectivity index is 0.000000621. The van der Waals surface area contributed by atoms with E-state index in [9.17, 15) is 19.7 Å². The van der Waals surface area contributed by atoms with Gasteiger partial charge < -0.3 is 14.7 Å². The Kier molecular flexibility index (Phi) is 5.80. The van der Waals surface area contributed by atoms with Crippen LogP contribution < -0.4 is 0 Å². The second-order valence-electron chi connectivity index (χ2n) is 5.25. The minimum Gasteiger partial charge on any atom is -0.478 e. The molecule has 0 fully saturated rings. The van der Waals surface area contributed by atoms with Crippen LogP contribution in [0.1, 0.15) is 20.7 Å². The Morgan fingerprint density at radius 2 is 1.55 bits per heavy atom. The predicted octanol–water partition coefficient (Wildman–Crippen LogP) is 1.31. The second-order valence-corrected chi connectivity index (χ2v) is 5.25. The van der Waals surface area contributed by atoms with E-state index in [4.69, 9.17) is 10.2 Å². The lowest BCUT2D eigenvalue weighted by atomic mass is 10.1. The summed E-state index contributed by atoms with van der Waals surface area (Å²) in [4.78, 5) is 30.8. The molecule has 2 N–H and O–H groups in total. The number of nitro benzene ring substituents is 1. The first-order chi connectivity index (χ1) is 8.95. The molecule has 1 rings (SSSR count). The molecule has 1 aromatic carbocycles. The van der Waals surface area contributed by atoms with Crippen LogP contribution in [0, 0.1) is 10.1 Å². The molecule has 0 aliphatic heterocycles. The molecule has 0 saturated heterocycles. The number of carbonyl (C=O) groups is 2. The number of nitrogens with zero attached hydrogens (tertiary/aromatic N) is 2. The molecule has 0 aliphatic rings. The fourth-order valence-electron chi connectivity index (χ4n) is 1.10. The Hall–Kier alpha value is -2.48. The van der Waals surface area contributed by atoms with Gasteiger partial charge in [0.1, 0.15) is 0 Å². The summed E-state index contributed by atoms with van der Waals surface area (Å²) in [5.41, 5.74) is -2.14. The van der Waals surface area contributed by atoms with Crippen molar-refractivity contribution < 1.29 is 29.2 Å². The highest BCUT2D eigenvalue weighted by atomic mass is 16.6. The van der Waals surface area contributed by atoms with Crippen LogP contribution in [-0.4, -0.2) is 59.7 Å². The lowest BCUT2D eigenvalue weighted by Crippen LogP contribution is -2.27. The standard InChI is InChI=1S/C8H5NO6.C4H12N/c10-7(11)4-2-1-3-5(9(14)15)6(4)8(12)13;1-5(2,3)4/h1-3H,(H,10,11)(H,12,13);1-4H3/q;+1. The SMILES string of the molecule is C[N+](C)(C)C.O=C(O)c1cccc([N+](=O)[O-])c1C(=O)O. The summed E-state index contributed by atoms with van der Waals surface area (Å²) in [6.45, 7) is 0. The molecule has 0 radical (unpaired) electrons. The summed E-state index contributed by atoms with van der Waals surface area (Å²) in [6.07, 6.45) is 0. The number of nitro groups is 1. The maximum atomic E-state index is 10.7. The van der Waals surface area contributed by atoms with Crippen molar-refractivity contribution in [2.75, 3.05) is 28.2 Å². The summed E-state index contributed by atoms with van der Waals surface area (Å²) in [6, 6.07) is 3.06. The van der Waals surface area contributed by atoms with Gasteiger partial charge in [-0.3, -0.25) is 10.1 Å². The Labute approximate surface area is 115 Å². The molecular weight excluding hydrogens is 268 g/mol. The highest BCUT2D eigenvalue weighted by Crippen LogP contribution is 2.22. The van der Waals surface area contributed by atoms with E-state index in [1.54, 1.807) is 0 Å². The van der Waals surface area contributed by atoms with Gasteiger partial charge in [0.15, 0.2) is 5.56 Å². The minimum atomic E-state index is -1.64. The molecule has 0 saturated carbocycles. The van der Waals surface area contributed by atoms with Gasteiger partial charge in [0.25, 0.3) is 5.69 Å². The normalized spacial score (nSPS) is 10.2. The fourth-order valence-corrected chi connectivity index (χ4v) is 1.10. The quantitative estimate of drug-likeness (QED) is 0.491. The number of rotatable bonds is 3. The van der Waals surface area contributed by atoms with E-state index in [0.717, 1.165) is 22.7 Å². The van der Waals surface area contributed by atoms with Gasteiger partial charge in [0.2, 0.25) is 0 Å². The van der Waals surface area contributed by atoms with E-state index in [2.05, 4.69) is 28.2 Å². The Morgan fingerprint density at radius 3 is 1.85 bits per heavy atom. The number of hydrogen-bond acceptors (Lipinski definition) is 4. The van der Waals surface area contributed by atoms with E-state index in [1.807, 2.05) is 0 Å². The zero-order valence-corrected chi connectivity index (χ0v) is 11.7. The highest BCUT2D eigenvalue weighted by molar-refractivity contribution is 6.04. The monoisotopic (exact) mass is 285 g/mol. The summed E-state index contributed by atoms with van der Waals surface area (Å²) in [7, 11) is 8.50. The van der Waals surface area contributed by atoms with Gasteiger partial charge in [-0.15, -0.1) is 0 Å². The molecule has 8 heteroatoms. The van der Waals surface area contributed by atoms with Crippen LogP contribution in [-0.2, 0) is 0 Å². The maximum Gasteiger partial charge on any atom is 0.343 e. The van der Waals surface area contributed by atoms with Crippen molar-refractivity contribution in [3.05, 3.63) is 39.4 Å². The molecule has 0 unspecified atom stereocenters. The van der Waals surface area contributed by atoms with Gasteiger partial charge in [-0.25, -0.2) is 9.59 Å². The molecule has 0 aromatic heterocycles. The maximum absolute atomic E-state index is 10.7. The van der Waals surface area contributed by atoms with Crippen LogP contribution in [0.3, 0.4) is 0 Å². The zero-order chi connectivity index (χ0) is 16.1. The molecule has 0 aliphatic carbocycles. The van der Waals surface area contributed by atoms with Crippen molar-refractivity contribution in [1.29, 1.82) is 0 Å². The summed E-state index contributed by atoms with van der Waals surface area (Å²) >= 11 is 0. The van der Waals surface area contributed by atoms with Crippen LogP contribution in [0.15, 0.2) is 18.2 Å². The fraction of sp³-hybridized carbons (Fsp3) is 0.333.